The van der Waals surface area contributed by atoms with Crippen molar-refractivity contribution in [2.45, 2.75) is 44.9 Å². The molecule has 0 radical (unpaired) electrons. The smallest absolute Gasteiger partial charge is 0.223 e. The number of hydrogen-bond donors (Lipinski definition) is 1. The summed E-state index contributed by atoms with van der Waals surface area (Å²) in [4.78, 5) is 11.9. The number of amides is 1. The van der Waals surface area contributed by atoms with E-state index in [-0.39, 0.29) is 11.8 Å². The van der Waals surface area contributed by atoms with Crippen LogP contribution in [0.4, 0.5) is 0 Å². The lowest BCUT2D eigenvalue weighted by Crippen LogP contribution is -2.34. The van der Waals surface area contributed by atoms with E-state index >= 15 is 0 Å². The van der Waals surface area contributed by atoms with Gasteiger partial charge < -0.3 is 10.1 Å². The van der Waals surface area contributed by atoms with Gasteiger partial charge in [-0.1, -0.05) is 11.6 Å². The second kappa shape index (κ2) is 6.80. The monoisotopic (exact) mass is 237 g/mol. The molecule has 0 aromatic carbocycles. The summed E-state index contributed by atoms with van der Waals surface area (Å²) in [6.45, 7) is 2.29. The van der Waals surface area contributed by atoms with Gasteiger partial charge in [0.25, 0.3) is 0 Å². The molecule has 0 spiro atoms. The zero-order chi connectivity index (χ0) is 11.9. The van der Waals surface area contributed by atoms with Crippen molar-refractivity contribution in [2.24, 2.45) is 5.92 Å². The first-order valence-electron chi connectivity index (χ1n) is 6.89. The van der Waals surface area contributed by atoms with Gasteiger partial charge in [-0.15, -0.1) is 0 Å². The topological polar surface area (TPSA) is 38.3 Å². The normalized spacial score (nSPS) is 22.0. The SMILES string of the molecule is O=C(NCCC1=CCCCC1)C1CCOCC1. The number of rotatable bonds is 4. The van der Waals surface area contributed by atoms with Crippen LogP contribution in [-0.2, 0) is 9.53 Å². The standard InChI is InChI=1S/C14H23NO2/c16-14(13-7-10-17-11-8-13)15-9-6-12-4-2-1-3-5-12/h4,13H,1-3,5-11H2,(H,15,16). The fourth-order valence-corrected chi connectivity index (χ4v) is 2.58. The average Bonchev–Trinajstić information content (AvgIpc) is 2.41. The van der Waals surface area contributed by atoms with Gasteiger partial charge in [-0.3, -0.25) is 4.79 Å². The number of carbonyl (C=O) groups excluding carboxylic acids is 1. The Kier molecular flexibility index (Phi) is 5.05. The Morgan fingerprint density at radius 2 is 2.18 bits per heavy atom. The van der Waals surface area contributed by atoms with Gasteiger partial charge in [0.15, 0.2) is 0 Å². The van der Waals surface area contributed by atoms with E-state index < -0.39 is 0 Å². The minimum atomic E-state index is 0.184. The third-order valence-corrected chi connectivity index (χ3v) is 3.72. The number of ether oxygens (including phenoxy) is 1. The van der Waals surface area contributed by atoms with Gasteiger partial charge in [0.05, 0.1) is 0 Å². The number of nitrogens with one attached hydrogen (secondary N) is 1. The number of carbonyl (C=O) groups is 1. The highest BCUT2D eigenvalue weighted by Crippen LogP contribution is 2.19. The molecule has 1 fully saturated rings. The van der Waals surface area contributed by atoms with Crippen LogP contribution in [0.5, 0.6) is 0 Å². The van der Waals surface area contributed by atoms with E-state index in [4.69, 9.17) is 4.74 Å². The van der Waals surface area contributed by atoms with Gasteiger partial charge in [0.2, 0.25) is 5.91 Å². The van der Waals surface area contributed by atoms with Crippen LogP contribution < -0.4 is 5.32 Å². The van der Waals surface area contributed by atoms with Gasteiger partial charge in [-0.2, -0.15) is 0 Å². The molecular formula is C14H23NO2. The summed E-state index contributed by atoms with van der Waals surface area (Å²) in [6.07, 6.45) is 10.3. The second-order valence-electron chi connectivity index (χ2n) is 5.04. The molecule has 96 valence electrons. The van der Waals surface area contributed by atoms with Crippen molar-refractivity contribution in [3.05, 3.63) is 11.6 Å². The molecule has 17 heavy (non-hydrogen) atoms. The van der Waals surface area contributed by atoms with Crippen LogP contribution in [-0.4, -0.2) is 25.7 Å². The van der Waals surface area contributed by atoms with E-state index in [1.165, 1.54) is 31.3 Å². The van der Waals surface area contributed by atoms with Gasteiger partial charge in [-0.05, 0) is 44.9 Å². The lowest BCUT2D eigenvalue weighted by Gasteiger charge is -2.21. The number of hydrogen-bond acceptors (Lipinski definition) is 2. The molecule has 0 atom stereocenters. The van der Waals surface area contributed by atoms with Crippen LogP contribution in [0.2, 0.25) is 0 Å². The van der Waals surface area contributed by atoms with E-state index in [2.05, 4.69) is 11.4 Å². The molecule has 0 aromatic heterocycles. The minimum absolute atomic E-state index is 0.184. The van der Waals surface area contributed by atoms with Crippen LogP contribution in [0, 0.1) is 5.92 Å². The Labute approximate surface area is 104 Å². The summed E-state index contributed by atoms with van der Waals surface area (Å²) >= 11 is 0. The maximum absolute atomic E-state index is 11.9. The Balaban J connectivity index is 1.63. The molecule has 1 amide bonds. The van der Waals surface area contributed by atoms with Gasteiger partial charge in [-0.25, -0.2) is 0 Å². The van der Waals surface area contributed by atoms with E-state index in [0.717, 1.165) is 39.0 Å². The van der Waals surface area contributed by atoms with Crippen LogP contribution >= 0.6 is 0 Å². The Morgan fingerprint density at radius 3 is 2.88 bits per heavy atom. The summed E-state index contributed by atoms with van der Waals surface area (Å²) in [5.74, 6) is 0.411. The molecule has 1 N–H and O–H groups in total. The largest absolute Gasteiger partial charge is 0.381 e. The summed E-state index contributed by atoms with van der Waals surface area (Å²) in [5.41, 5.74) is 1.53. The van der Waals surface area contributed by atoms with Gasteiger partial charge >= 0.3 is 0 Å². The molecule has 2 rings (SSSR count). The van der Waals surface area contributed by atoms with Crippen molar-refractivity contribution >= 4 is 5.91 Å². The first-order valence-corrected chi connectivity index (χ1v) is 6.89. The first-order chi connectivity index (χ1) is 8.36. The summed E-state index contributed by atoms with van der Waals surface area (Å²) in [5, 5.41) is 3.06. The third-order valence-electron chi connectivity index (χ3n) is 3.72. The van der Waals surface area contributed by atoms with Crippen LogP contribution in [0.25, 0.3) is 0 Å². The van der Waals surface area contributed by atoms with E-state index in [1.54, 1.807) is 0 Å². The van der Waals surface area contributed by atoms with Crippen molar-refractivity contribution in [3.63, 3.8) is 0 Å². The highest BCUT2D eigenvalue weighted by Gasteiger charge is 2.20. The zero-order valence-electron chi connectivity index (χ0n) is 10.5. The highest BCUT2D eigenvalue weighted by molar-refractivity contribution is 5.78. The predicted molar refractivity (Wildman–Crippen MR) is 67.7 cm³/mol. The van der Waals surface area contributed by atoms with Crippen molar-refractivity contribution in [2.75, 3.05) is 19.8 Å². The Hall–Kier alpha value is -0.830. The lowest BCUT2D eigenvalue weighted by atomic mass is 9.96. The molecule has 0 unspecified atom stereocenters. The molecule has 0 aromatic rings. The summed E-state index contributed by atoms with van der Waals surface area (Å²) in [7, 11) is 0. The maximum Gasteiger partial charge on any atom is 0.223 e. The van der Waals surface area contributed by atoms with Crippen molar-refractivity contribution in [1.29, 1.82) is 0 Å². The van der Waals surface area contributed by atoms with Crippen molar-refractivity contribution in [1.82, 2.24) is 5.32 Å². The quantitative estimate of drug-likeness (QED) is 0.763. The maximum atomic E-state index is 11.9. The van der Waals surface area contributed by atoms with E-state index in [1.807, 2.05) is 0 Å². The fraction of sp³-hybridized carbons (Fsp3) is 0.786. The molecule has 0 bridgehead atoms. The van der Waals surface area contributed by atoms with E-state index in [9.17, 15) is 4.79 Å². The molecule has 2 aliphatic rings. The average molecular weight is 237 g/mol. The molecular weight excluding hydrogens is 214 g/mol. The van der Waals surface area contributed by atoms with Gasteiger partial charge in [0, 0.05) is 25.7 Å². The van der Waals surface area contributed by atoms with Gasteiger partial charge in [0.1, 0.15) is 0 Å². The lowest BCUT2D eigenvalue weighted by molar-refractivity contribution is -0.127. The van der Waals surface area contributed by atoms with Crippen molar-refractivity contribution < 1.29 is 9.53 Å². The molecule has 1 aliphatic carbocycles. The molecule has 3 heteroatoms. The van der Waals surface area contributed by atoms with Crippen molar-refractivity contribution in [3.8, 4) is 0 Å². The summed E-state index contributed by atoms with van der Waals surface area (Å²) < 4.78 is 5.26. The summed E-state index contributed by atoms with van der Waals surface area (Å²) in [6, 6.07) is 0. The second-order valence-corrected chi connectivity index (χ2v) is 5.04. The van der Waals surface area contributed by atoms with Crippen LogP contribution in [0.3, 0.4) is 0 Å². The Bertz CT molecular complexity index is 280. The van der Waals surface area contributed by atoms with Crippen LogP contribution in [0.15, 0.2) is 11.6 Å². The molecule has 3 nitrogen and oxygen atoms in total. The molecule has 1 saturated heterocycles. The highest BCUT2D eigenvalue weighted by atomic mass is 16.5. The zero-order valence-corrected chi connectivity index (χ0v) is 10.5. The molecule has 1 aliphatic heterocycles. The first kappa shape index (κ1) is 12.6. The molecule has 1 heterocycles. The third kappa shape index (κ3) is 4.15. The fourth-order valence-electron chi connectivity index (χ4n) is 2.58. The van der Waals surface area contributed by atoms with Crippen LogP contribution in [0.1, 0.15) is 44.9 Å². The number of allylic oxidation sites excluding steroid dienone is 1. The van der Waals surface area contributed by atoms with E-state index in [0.29, 0.717) is 0 Å². The predicted octanol–water partition coefficient (Wildman–Crippen LogP) is 2.42. The Morgan fingerprint density at radius 1 is 1.35 bits per heavy atom. The minimum Gasteiger partial charge on any atom is -0.381 e. The molecule has 0 saturated carbocycles.